The fourth-order valence-corrected chi connectivity index (χ4v) is 2.71. The van der Waals surface area contributed by atoms with Gasteiger partial charge in [-0.05, 0) is 18.2 Å². The zero-order valence-electron chi connectivity index (χ0n) is 14.7. The van der Waals surface area contributed by atoms with Crippen LogP contribution in [0.1, 0.15) is 22.7 Å². The van der Waals surface area contributed by atoms with Crippen LogP contribution in [0.3, 0.4) is 0 Å². The minimum atomic E-state index is -0.399. The van der Waals surface area contributed by atoms with Gasteiger partial charge in [-0.1, -0.05) is 23.4 Å². The van der Waals surface area contributed by atoms with Crippen molar-refractivity contribution >= 4 is 22.7 Å². The maximum Gasteiger partial charge on any atom is 0.271 e. The second-order valence-corrected chi connectivity index (χ2v) is 6.00. The quantitative estimate of drug-likeness (QED) is 0.458. The van der Waals surface area contributed by atoms with E-state index in [1.165, 1.54) is 0 Å². The topological polar surface area (TPSA) is 126 Å². The number of aryl methyl sites for hydroxylation is 1. The summed E-state index contributed by atoms with van der Waals surface area (Å²) in [5, 5.41) is 4.66. The highest BCUT2D eigenvalue weighted by molar-refractivity contribution is 6.07. The van der Waals surface area contributed by atoms with Crippen LogP contribution in [-0.2, 0) is 11.2 Å². The second kappa shape index (κ2) is 7.70. The third kappa shape index (κ3) is 3.73. The molecule has 0 aliphatic carbocycles. The van der Waals surface area contributed by atoms with Crippen LogP contribution < -0.4 is 10.9 Å². The number of nitrogens with one attached hydrogen (secondary N) is 3. The number of fused-ring (bicyclic) bond motifs is 1. The van der Waals surface area contributed by atoms with Gasteiger partial charge in [-0.3, -0.25) is 25.4 Å². The number of para-hydroxylation sites is 1. The molecule has 4 aromatic rings. The van der Waals surface area contributed by atoms with E-state index in [4.69, 9.17) is 4.52 Å². The Kier molecular flexibility index (Phi) is 4.79. The Balaban J connectivity index is 1.29. The van der Waals surface area contributed by atoms with E-state index < -0.39 is 5.91 Å². The number of hydrogen-bond donors (Lipinski definition) is 3. The third-order valence-corrected chi connectivity index (χ3v) is 4.12. The number of nitrogens with zero attached hydrogens (tertiary/aromatic N) is 3. The van der Waals surface area contributed by atoms with Crippen molar-refractivity contribution in [1.29, 1.82) is 0 Å². The molecule has 0 saturated carbocycles. The fraction of sp³-hybridized carbons (Fsp3) is 0.105. The SMILES string of the molecule is O=C(CCc1nc(-c2ccncc2)no1)NNC(=O)c1c[nH]c2ccccc12. The van der Waals surface area contributed by atoms with Gasteiger partial charge in [0, 0.05) is 47.9 Å². The van der Waals surface area contributed by atoms with Gasteiger partial charge in [0.2, 0.25) is 17.6 Å². The summed E-state index contributed by atoms with van der Waals surface area (Å²) in [6, 6.07) is 11.0. The number of aromatic amines is 1. The molecule has 9 nitrogen and oxygen atoms in total. The Morgan fingerprint density at radius 3 is 2.75 bits per heavy atom. The Labute approximate surface area is 159 Å². The summed E-state index contributed by atoms with van der Waals surface area (Å²) in [6.07, 6.45) is 5.22. The molecular weight excluding hydrogens is 360 g/mol. The van der Waals surface area contributed by atoms with Crippen LogP contribution in [0.4, 0.5) is 0 Å². The van der Waals surface area contributed by atoms with E-state index in [1.807, 2.05) is 24.3 Å². The highest BCUT2D eigenvalue weighted by Gasteiger charge is 2.14. The molecule has 28 heavy (non-hydrogen) atoms. The first-order valence-electron chi connectivity index (χ1n) is 8.59. The zero-order chi connectivity index (χ0) is 19.3. The smallest absolute Gasteiger partial charge is 0.271 e. The molecule has 2 amide bonds. The molecule has 0 unspecified atom stereocenters. The summed E-state index contributed by atoms with van der Waals surface area (Å²) in [6.45, 7) is 0. The van der Waals surface area contributed by atoms with Crippen LogP contribution in [0.15, 0.2) is 59.5 Å². The number of H-pyrrole nitrogens is 1. The van der Waals surface area contributed by atoms with Crippen molar-refractivity contribution in [2.75, 3.05) is 0 Å². The number of amides is 2. The first-order valence-corrected chi connectivity index (χ1v) is 8.59. The molecule has 140 valence electrons. The summed E-state index contributed by atoms with van der Waals surface area (Å²) in [7, 11) is 0. The molecule has 0 saturated heterocycles. The van der Waals surface area contributed by atoms with E-state index in [-0.39, 0.29) is 18.7 Å². The van der Waals surface area contributed by atoms with E-state index in [1.54, 1.807) is 30.7 Å². The molecule has 0 bridgehead atoms. The maximum absolute atomic E-state index is 12.3. The number of hydrazine groups is 1. The molecule has 1 aromatic carbocycles. The summed E-state index contributed by atoms with van der Waals surface area (Å²) in [5.74, 6) is 0.00998. The number of hydrogen-bond acceptors (Lipinski definition) is 6. The molecule has 0 aliphatic heterocycles. The molecule has 0 radical (unpaired) electrons. The fourth-order valence-electron chi connectivity index (χ4n) is 2.71. The largest absolute Gasteiger partial charge is 0.360 e. The first kappa shape index (κ1) is 17.4. The molecule has 0 aliphatic rings. The lowest BCUT2D eigenvalue weighted by Gasteiger charge is -2.06. The lowest BCUT2D eigenvalue weighted by atomic mass is 10.2. The van der Waals surface area contributed by atoms with Gasteiger partial charge >= 0.3 is 0 Å². The monoisotopic (exact) mass is 376 g/mol. The van der Waals surface area contributed by atoms with E-state index in [9.17, 15) is 9.59 Å². The molecular formula is C19H16N6O3. The molecule has 9 heteroatoms. The van der Waals surface area contributed by atoms with Crippen molar-refractivity contribution in [2.45, 2.75) is 12.8 Å². The predicted octanol–water partition coefficient (Wildman–Crippen LogP) is 2.01. The number of rotatable bonds is 5. The van der Waals surface area contributed by atoms with Gasteiger partial charge in [0.1, 0.15) is 0 Å². The second-order valence-electron chi connectivity index (χ2n) is 6.00. The van der Waals surface area contributed by atoms with E-state index >= 15 is 0 Å². The van der Waals surface area contributed by atoms with Gasteiger partial charge in [0.25, 0.3) is 5.91 Å². The van der Waals surface area contributed by atoms with Gasteiger partial charge in [-0.15, -0.1) is 0 Å². The molecule has 0 atom stereocenters. The number of carbonyl (C=O) groups excluding carboxylic acids is 2. The van der Waals surface area contributed by atoms with Crippen molar-refractivity contribution in [3.63, 3.8) is 0 Å². The van der Waals surface area contributed by atoms with Crippen molar-refractivity contribution in [1.82, 2.24) is 31.0 Å². The third-order valence-electron chi connectivity index (χ3n) is 4.12. The van der Waals surface area contributed by atoms with Crippen LogP contribution in [0.2, 0.25) is 0 Å². The van der Waals surface area contributed by atoms with Crippen LogP contribution in [-0.4, -0.2) is 31.9 Å². The van der Waals surface area contributed by atoms with Gasteiger partial charge < -0.3 is 9.51 Å². The van der Waals surface area contributed by atoms with Crippen LogP contribution in [0.25, 0.3) is 22.3 Å². The summed E-state index contributed by atoms with van der Waals surface area (Å²) in [5.41, 5.74) is 6.89. The van der Waals surface area contributed by atoms with Crippen LogP contribution >= 0.6 is 0 Å². The predicted molar refractivity (Wildman–Crippen MR) is 99.8 cm³/mol. The average Bonchev–Trinajstić information content (AvgIpc) is 3.38. The van der Waals surface area contributed by atoms with Gasteiger partial charge in [0.15, 0.2) is 0 Å². The Morgan fingerprint density at radius 2 is 1.89 bits per heavy atom. The lowest BCUT2D eigenvalue weighted by Crippen LogP contribution is -2.41. The maximum atomic E-state index is 12.3. The Hall–Kier alpha value is -4.01. The summed E-state index contributed by atoms with van der Waals surface area (Å²) >= 11 is 0. The molecule has 0 fully saturated rings. The van der Waals surface area contributed by atoms with Gasteiger partial charge in [0.05, 0.1) is 5.56 Å². The van der Waals surface area contributed by atoms with Crippen molar-refractivity contribution < 1.29 is 14.1 Å². The molecule has 4 rings (SSSR count). The molecule has 3 heterocycles. The molecule has 3 N–H and O–H groups in total. The number of aromatic nitrogens is 4. The minimum absolute atomic E-state index is 0.0894. The van der Waals surface area contributed by atoms with Gasteiger partial charge in [-0.25, -0.2) is 0 Å². The normalized spacial score (nSPS) is 10.7. The standard InChI is InChI=1S/C19H16N6O3/c26-16(5-6-17-22-18(25-28-17)12-7-9-20-10-8-12)23-24-19(27)14-11-21-15-4-2-1-3-13(14)15/h1-4,7-11,21H,5-6H2,(H,23,26)(H,24,27). The number of pyridine rings is 1. The summed E-state index contributed by atoms with van der Waals surface area (Å²) in [4.78, 5) is 35.5. The summed E-state index contributed by atoms with van der Waals surface area (Å²) < 4.78 is 5.15. The Bertz CT molecular complexity index is 1120. The van der Waals surface area contributed by atoms with E-state index in [0.29, 0.717) is 17.3 Å². The number of benzene rings is 1. The highest BCUT2D eigenvalue weighted by atomic mass is 16.5. The highest BCUT2D eigenvalue weighted by Crippen LogP contribution is 2.17. The molecule has 0 spiro atoms. The van der Waals surface area contributed by atoms with Gasteiger partial charge in [-0.2, -0.15) is 4.98 Å². The first-order chi connectivity index (χ1) is 13.7. The van der Waals surface area contributed by atoms with Crippen molar-refractivity contribution in [3.05, 3.63) is 66.4 Å². The number of carbonyl (C=O) groups is 2. The van der Waals surface area contributed by atoms with E-state index in [0.717, 1.165) is 16.5 Å². The molecule has 3 aromatic heterocycles. The zero-order valence-corrected chi connectivity index (χ0v) is 14.7. The van der Waals surface area contributed by atoms with Crippen molar-refractivity contribution in [2.24, 2.45) is 0 Å². The van der Waals surface area contributed by atoms with E-state index in [2.05, 4.69) is 31.0 Å². The van der Waals surface area contributed by atoms with Crippen LogP contribution in [0.5, 0.6) is 0 Å². The Morgan fingerprint density at radius 1 is 1.07 bits per heavy atom. The minimum Gasteiger partial charge on any atom is -0.360 e. The lowest BCUT2D eigenvalue weighted by molar-refractivity contribution is -0.121. The van der Waals surface area contributed by atoms with Crippen molar-refractivity contribution in [3.8, 4) is 11.4 Å². The average molecular weight is 376 g/mol. The van der Waals surface area contributed by atoms with Crippen LogP contribution in [0, 0.1) is 0 Å².